The van der Waals surface area contributed by atoms with E-state index in [9.17, 15) is 4.79 Å². The SMILES string of the molecule is NC1=NC(c2ccc(NC(=O)Cc3c[nH]c4ccccc34)cc2)CS1. The van der Waals surface area contributed by atoms with E-state index in [1.807, 2.05) is 54.7 Å². The Kier molecular flexibility index (Phi) is 4.19. The van der Waals surface area contributed by atoms with Gasteiger partial charge in [-0.2, -0.15) is 0 Å². The number of aliphatic imine (C=N–C) groups is 1. The van der Waals surface area contributed by atoms with Gasteiger partial charge in [0.15, 0.2) is 5.17 Å². The molecule has 1 atom stereocenters. The third-order valence-electron chi connectivity index (χ3n) is 4.28. The highest BCUT2D eigenvalue weighted by Crippen LogP contribution is 2.29. The molecule has 1 amide bonds. The lowest BCUT2D eigenvalue weighted by Crippen LogP contribution is -2.14. The molecule has 1 aliphatic rings. The number of hydrogen-bond donors (Lipinski definition) is 3. The first-order valence-electron chi connectivity index (χ1n) is 8.10. The molecule has 4 N–H and O–H groups in total. The minimum atomic E-state index is -0.0313. The molecule has 1 aromatic heterocycles. The highest BCUT2D eigenvalue weighted by atomic mass is 32.2. The number of nitrogens with two attached hydrogens (primary N) is 1. The van der Waals surface area contributed by atoms with Crippen molar-refractivity contribution >= 4 is 39.4 Å². The van der Waals surface area contributed by atoms with Gasteiger partial charge in [-0.05, 0) is 29.3 Å². The van der Waals surface area contributed by atoms with E-state index in [2.05, 4.69) is 15.3 Å². The smallest absolute Gasteiger partial charge is 0.228 e. The molecule has 0 bridgehead atoms. The molecule has 1 unspecified atom stereocenters. The number of amidine groups is 1. The molecule has 4 rings (SSSR count). The predicted molar refractivity (Wildman–Crippen MR) is 104 cm³/mol. The quantitative estimate of drug-likeness (QED) is 0.674. The summed E-state index contributed by atoms with van der Waals surface area (Å²) in [6, 6.07) is 15.9. The fourth-order valence-electron chi connectivity index (χ4n) is 3.01. The number of carbonyl (C=O) groups is 1. The van der Waals surface area contributed by atoms with Crippen LogP contribution in [-0.4, -0.2) is 21.8 Å². The normalized spacial score (nSPS) is 16.8. The second-order valence-corrected chi connectivity index (χ2v) is 7.04. The molecule has 25 heavy (non-hydrogen) atoms. The van der Waals surface area contributed by atoms with Crippen molar-refractivity contribution in [2.45, 2.75) is 12.5 Å². The highest BCUT2D eigenvalue weighted by Gasteiger charge is 2.18. The number of aromatic amines is 1. The van der Waals surface area contributed by atoms with Crippen LogP contribution in [0.15, 0.2) is 59.7 Å². The van der Waals surface area contributed by atoms with Crippen LogP contribution in [0.25, 0.3) is 10.9 Å². The zero-order valence-electron chi connectivity index (χ0n) is 13.5. The maximum Gasteiger partial charge on any atom is 0.228 e. The van der Waals surface area contributed by atoms with E-state index in [1.165, 1.54) is 0 Å². The third kappa shape index (κ3) is 3.39. The summed E-state index contributed by atoms with van der Waals surface area (Å²) in [6.45, 7) is 0. The van der Waals surface area contributed by atoms with Gasteiger partial charge in [-0.3, -0.25) is 9.79 Å². The average Bonchev–Trinajstić information content (AvgIpc) is 3.22. The van der Waals surface area contributed by atoms with E-state index in [0.29, 0.717) is 11.6 Å². The Morgan fingerprint density at radius 1 is 1.24 bits per heavy atom. The van der Waals surface area contributed by atoms with Crippen LogP contribution in [0.4, 0.5) is 5.69 Å². The van der Waals surface area contributed by atoms with Gasteiger partial charge in [-0.25, -0.2) is 0 Å². The maximum absolute atomic E-state index is 12.3. The number of amides is 1. The van der Waals surface area contributed by atoms with Crippen LogP contribution >= 0.6 is 11.8 Å². The number of benzene rings is 2. The zero-order valence-corrected chi connectivity index (χ0v) is 14.3. The number of thioether (sulfide) groups is 1. The van der Waals surface area contributed by atoms with Crippen molar-refractivity contribution in [1.82, 2.24) is 4.98 Å². The van der Waals surface area contributed by atoms with Crippen molar-refractivity contribution in [3.8, 4) is 0 Å². The van der Waals surface area contributed by atoms with Crippen LogP contribution in [-0.2, 0) is 11.2 Å². The van der Waals surface area contributed by atoms with Crippen molar-refractivity contribution in [3.05, 3.63) is 65.9 Å². The second-order valence-electron chi connectivity index (χ2n) is 6.00. The first-order chi connectivity index (χ1) is 12.2. The number of H-pyrrole nitrogens is 1. The third-order valence-corrected chi connectivity index (χ3v) is 5.16. The Balaban J connectivity index is 1.42. The molecule has 0 radical (unpaired) electrons. The van der Waals surface area contributed by atoms with Gasteiger partial charge < -0.3 is 16.0 Å². The van der Waals surface area contributed by atoms with Crippen molar-refractivity contribution in [2.75, 3.05) is 11.1 Å². The van der Waals surface area contributed by atoms with E-state index >= 15 is 0 Å². The molecule has 2 aromatic carbocycles. The summed E-state index contributed by atoms with van der Waals surface area (Å²) in [4.78, 5) is 19.9. The summed E-state index contributed by atoms with van der Waals surface area (Å²) in [5, 5.41) is 4.68. The number of rotatable bonds is 4. The number of para-hydroxylation sites is 1. The molecule has 0 fully saturated rings. The van der Waals surface area contributed by atoms with Gasteiger partial charge in [-0.1, -0.05) is 42.1 Å². The highest BCUT2D eigenvalue weighted by molar-refractivity contribution is 8.14. The Hall–Kier alpha value is -2.73. The molecule has 0 aliphatic carbocycles. The largest absolute Gasteiger partial charge is 0.379 e. The molecule has 3 aromatic rings. The molecule has 6 heteroatoms. The Labute approximate surface area is 149 Å². The van der Waals surface area contributed by atoms with Crippen molar-refractivity contribution in [1.29, 1.82) is 0 Å². The number of hydrogen-bond acceptors (Lipinski definition) is 4. The van der Waals surface area contributed by atoms with Crippen LogP contribution in [0.3, 0.4) is 0 Å². The number of fused-ring (bicyclic) bond motifs is 1. The maximum atomic E-state index is 12.3. The molecule has 5 nitrogen and oxygen atoms in total. The van der Waals surface area contributed by atoms with Crippen molar-refractivity contribution in [2.24, 2.45) is 10.7 Å². The lowest BCUT2D eigenvalue weighted by molar-refractivity contribution is -0.115. The number of aromatic nitrogens is 1. The molecular weight excluding hydrogens is 332 g/mol. The Morgan fingerprint density at radius 3 is 2.80 bits per heavy atom. The summed E-state index contributed by atoms with van der Waals surface area (Å²) < 4.78 is 0. The lowest BCUT2D eigenvalue weighted by atomic mass is 10.1. The molecular formula is C19H18N4OS. The van der Waals surface area contributed by atoms with Crippen LogP contribution < -0.4 is 11.1 Å². The molecule has 0 saturated heterocycles. The van der Waals surface area contributed by atoms with E-state index in [4.69, 9.17) is 5.73 Å². The monoisotopic (exact) mass is 350 g/mol. The fourth-order valence-corrected chi connectivity index (χ4v) is 3.81. The topological polar surface area (TPSA) is 83.3 Å². The van der Waals surface area contributed by atoms with E-state index < -0.39 is 0 Å². The number of carbonyl (C=O) groups excluding carboxylic acids is 1. The van der Waals surface area contributed by atoms with Gasteiger partial charge in [0.05, 0.1) is 12.5 Å². The summed E-state index contributed by atoms with van der Waals surface area (Å²) in [7, 11) is 0. The summed E-state index contributed by atoms with van der Waals surface area (Å²) in [5.41, 5.74) is 9.66. The molecule has 2 heterocycles. The molecule has 1 aliphatic heterocycles. The Morgan fingerprint density at radius 2 is 2.04 bits per heavy atom. The van der Waals surface area contributed by atoms with Gasteiger partial charge in [0.1, 0.15) is 0 Å². The first-order valence-corrected chi connectivity index (χ1v) is 9.08. The van der Waals surface area contributed by atoms with Crippen molar-refractivity contribution < 1.29 is 4.79 Å². The number of nitrogens with zero attached hydrogens (tertiary/aromatic N) is 1. The molecule has 0 spiro atoms. The number of anilines is 1. The minimum absolute atomic E-state index is 0.0313. The average molecular weight is 350 g/mol. The summed E-state index contributed by atoms with van der Waals surface area (Å²) in [5.74, 6) is 0.842. The fraction of sp³-hybridized carbons (Fsp3) is 0.158. The minimum Gasteiger partial charge on any atom is -0.379 e. The van der Waals surface area contributed by atoms with Gasteiger partial charge in [0, 0.05) is 28.5 Å². The molecule has 0 saturated carbocycles. The van der Waals surface area contributed by atoms with Crippen LogP contribution in [0.5, 0.6) is 0 Å². The van der Waals surface area contributed by atoms with Gasteiger partial charge in [0.25, 0.3) is 0 Å². The van der Waals surface area contributed by atoms with Crippen LogP contribution in [0.1, 0.15) is 17.2 Å². The van der Waals surface area contributed by atoms with Gasteiger partial charge >= 0.3 is 0 Å². The first kappa shape index (κ1) is 15.8. The van der Waals surface area contributed by atoms with E-state index in [1.54, 1.807) is 11.8 Å². The van der Waals surface area contributed by atoms with Crippen LogP contribution in [0.2, 0.25) is 0 Å². The molecule has 126 valence electrons. The van der Waals surface area contributed by atoms with Gasteiger partial charge in [0.2, 0.25) is 5.91 Å². The summed E-state index contributed by atoms with van der Waals surface area (Å²) in [6.07, 6.45) is 2.24. The second kappa shape index (κ2) is 6.64. The predicted octanol–water partition coefficient (Wildman–Crippen LogP) is 3.45. The standard InChI is InChI=1S/C19H18N4OS/c20-19-23-17(11-25-19)12-5-7-14(8-6-12)22-18(24)9-13-10-21-16-4-2-1-3-15(13)16/h1-8,10,17,21H,9,11H2,(H2,20,23)(H,22,24). The van der Waals surface area contributed by atoms with Crippen molar-refractivity contribution in [3.63, 3.8) is 0 Å². The lowest BCUT2D eigenvalue weighted by Gasteiger charge is -2.09. The Bertz CT molecular complexity index is 945. The van der Waals surface area contributed by atoms with Gasteiger partial charge in [-0.15, -0.1) is 0 Å². The van der Waals surface area contributed by atoms with E-state index in [0.717, 1.165) is 33.5 Å². The van der Waals surface area contributed by atoms with E-state index in [-0.39, 0.29) is 11.9 Å². The van der Waals surface area contributed by atoms with Crippen LogP contribution in [0, 0.1) is 0 Å². The number of nitrogens with one attached hydrogen (secondary N) is 2. The summed E-state index contributed by atoms with van der Waals surface area (Å²) >= 11 is 1.57. The zero-order chi connectivity index (χ0) is 17.2.